The fraction of sp³-hybridized carbons (Fsp3) is 0.316. The van der Waals surface area contributed by atoms with Gasteiger partial charge in [0, 0.05) is 38.4 Å². The number of nitrogens with zero attached hydrogens (tertiary/aromatic N) is 2. The van der Waals surface area contributed by atoms with Gasteiger partial charge in [-0.2, -0.15) is 0 Å². The Hall–Kier alpha value is -2.40. The third-order valence-corrected chi connectivity index (χ3v) is 4.12. The maximum absolute atomic E-state index is 13.1. The molecule has 126 valence electrons. The van der Waals surface area contributed by atoms with Crippen molar-refractivity contribution in [3.63, 3.8) is 0 Å². The summed E-state index contributed by atoms with van der Waals surface area (Å²) in [5.74, 6) is -0.244. The first-order valence-corrected chi connectivity index (χ1v) is 7.95. The number of hydrogen-bond donors (Lipinski definition) is 0. The molecular formula is C19H21FN2O2. The first-order valence-electron chi connectivity index (χ1n) is 7.95. The normalized spacial score (nSPS) is 14.4. The average molecular weight is 328 g/mol. The van der Waals surface area contributed by atoms with Crippen LogP contribution in [0, 0.1) is 5.82 Å². The van der Waals surface area contributed by atoms with Crippen molar-refractivity contribution in [3.05, 3.63) is 65.5 Å². The number of likely N-dealkylation sites (tertiary alicyclic amines) is 1. The van der Waals surface area contributed by atoms with Gasteiger partial charge in [0.15, 0.2) is 0 Å². The van der Waals surface area contributed by atoms with Gasteiger partial charge in [-0.15, -0.1) is 0 Å². The molecule has 0 bridgehead atoms. The predicted octanol–water partition coefficient (Wildman–Crippen LogP) is 2.93. The van der Waals surface area contributed by atoms with E-state index in [1.807, 2.05) is 49.3 Å². The zero-order valence-electron chi connectivity index (χ0n) is 13.9. The fourth-order valence-corrected chi connectivity index (χ4v) is 2.65. The summed E-state index contributed by atoms with van der Waals surface area (Å²) in [6.45, 7) is 1.50. The summed E-state index contributed by atoms with van der Waals surface area (Å²) in [7, 11) is 3.90. The lowest BCUT2D eigenvalue weighted by atomic mass is 10.1. The zero-order chi connectivity index (χ0) is 17.1. The Balaban J connectivity index is 1.51. The van der Waals surface area contributed by atoms with E-state index >= 15 is 0 Å². The van der Waals surface area contributed by atoms with E-state index in [4.69, 9.17) is 4.74 Å². The lowest BCUT2D eigenvalue weighted by Crippen LogP contribution is -2.54. The average Bonchev–Trinajstić information content (AvgIpc) is 2.53. The standard InChI is InChI=1S/C19H21FN2O2/c1-21(2)17-8-4-6-15(10-17)19(23)22-11-18(12-22)24-13-14-5-3-7-16(20)9-14/h3-10,18H,11-13H2,1-2H3. The minimum atomic E-state index is -0.262. The van der Waals surface area contributed by atoms with Crippen molar-refractivity contribution >= 4 is 11.6 Å². The molecule has 3 rings (SSSR count). The molecule has 2 aromatic rings. The van der Waals surface area contributed by atoms with Gasteiger partial charge >= 0.3 is 0 Å². The summed E-state index contributed by atoms with van der Waals surface area (Å²) < 4.78 is 18.8. The number of rotatable bonds is 5. The van der Waals surface area contributed by atoms with Crippen molar-refractivity contribution < 1.29 is 13.9 Å². The molecule has 0 saturated carbocycles. The quantitative estimate of drug-likeness (QED) is 0.846. The monoisotopic (exact) mass is 328 g/mol. The third kappa shape index (κ3) is 3.74. The maximum atomic E-state index is 13.1. The van der Waals surface area contributed by atoms with Crippen molar-refractivity contribution in [2.24, 2.45) is 0 Å². The molecule has 1 aliphatic heterocycles. The Labute approximate surface area is 141 Å². The van der Waals surface area contributed by atoms with E-state index in [1.54, 1.807) is 11.0 Å². The first-order chi connectivity index (χ1) is 11.5. The molecule has 2 aromatic carbocycles. The van der Waals surface area contributed by atoms with E-state index in [1.165, 1.54) is 12.1 Å². The lowest BCUT2D eigenvalue weighted by molar-refractivity contribution is -0.0503. The maximum Gasteiger partial charge on any atom is 0.254 e. The van der Waals surface area contributed by atoms with Gasteiger partial charge in [0.2, 0.25) is 0 Å². The Bertz CT molecular complexity index is 727. The molecule has 0 aliphatic carbocycles. The molecule has 1 heterocycles. The Morgan fingerprint density at radius 2 is 1.96 bits per heavy atom. The molecule has 1 aliphatic rings. The highest BCUT2D eigenvalue weighted by molar-refractivity contribution is 5.95. The van der Waals surface area contributed by atoms with E-state index < -0.39 is 0 Å². The number of carbonyl (C=O) groups is 1. The molecule has 0 radical (unpaired) electrons. The van der Waals surface area contributed by atoms with Crippen molar-refractivity contribution in [2.75, 3.05) is 32.1 Å². The summed E-state index contributed by atoms with van der Waals surface area (Å²) in [6.07, 6.45) is 0.00856. The Morgan fingerprint density at radius 3 is 2.67 bits per heavy atom. The van der Waals surface area contributed by atoms with E-state index in [9.17, 15) is 9.18 Å². The summed E-state index contributed by atoms with van der Waals surface area (Å²) in [4.78, 5) is 16.2. The van der Waals surface area contributed by atoms with Crippen LogP contribution in [0.3, 0.4) is 0 Å². The highest BCUT2D eigenvalue weighted by Gasteiger charge is 2.32. The van der Waals surface area contributed by atoms with Gasteiger partial charge in [-0.25, -0.2) is 4.39 Å². The molecule has 0 unspecified atom stereocenters. The smallest absolute Gasteiger partial charge is 0.254 e. The number of hydrogen-bond acceptors (Lipinski definition) is 3. The topological polar surface area (TPSA) is 32.8 Å². The number of amides is 1. The van der Waals surface area contributed by atoms with Gasteiger partial charge < -0.3 is 14.5 Å². The molecule has 24 heavy (non-hydrogen) atoms. The second-order valence-corrected chi connectivity index (χ2v) is 6.22. The fourth-order valence-electron chi connectivity index (χ4n) is 2.65. The molecule has 0 N–H and O–H groups in total. The molecule has 4 nitrogen and oxygen atoms in total. The third-order valence-electron chi connectivity index (χ3n) is 4.12. The Morgan fingerprint density at radius 1 is 1.21 bits per heavy atom. The summed E-state index contributed by atoms with van der Waals surface area (Å²) in [5, 5.41) is 0. The van der Waals surface area contributed by atoms with Crippen LogP contribution in [0.2, 0.25) is 0 Å². The molecular weight excluding hydrogens is 307 g/mol. The molecule has 1 fully saturated rings. The van der Waals surface area contributed by atoms with Crippen LogP contribution >= 0.6 is 0 Å². The zero-order valence-corrected chi connectivity index (χ0v) is 13.9. The summed E-state index contributed by atoms with van der Waals surface area (Å²) in [6, 6.07) is 14.0. The van der Waals surface area contributed by atoms with Gasteiger partial charge in [-0.3, -0.25) is 4.79 Å². The van der Waals surface area contributed by atoms with Crippen LogP contribution in [0.1, 0.15) is 15.9 Å². The van der Waals surface area contributed by atoms with E-state index in [2.05, 4.69) is 0 Å². The lowest BCUT2D eigenvalue weighted by Gasteiger charge is -2.39. The molecule has 5 heteroatoms. The molecule has 0 spiro atoms. The van der Waals surface area contributed by atoms with Crippen LogP contribution in [-0.2, 0) is 11.3 Å². The van der Waals surface area contributed by atoms with Crippen molar-refractivity contribution in [1.82, 2.24) is 4.90 Å². The van der Waals surface area contributed by atoms with Crippen LogP contribution in [-0.4, -0.2) is 44.1 Å². The molecule has 1 amide bonds. The van der Waals surface area contributed by atoms with Crippen molar-refractivity contribution in [2.45, 2.75) is 12.7 Å². The van der Waals surface area contributed by atoms with Gasteiger partial charge in [0.1, 0.15) is 5.82 Å². The molecule has 0 aromatic heterocycles. The van der Waals surface area contributed by atoms with Gasteiger partial charge in [-0.1, -0.05) is 18.2 Å². The summed E-state index contributed by atoms with van der Waals surface area (Å²) >= 11 is 0. The van der Waals surface area contributed by atoms with E-state index in [0.717, 1.165) is 11.3 Å². The summed E-state index contributed by atoms with van der Waals surface area (Å²) in [5.41, 5.74) is 2.49. The number of halogens is 1. The largest absolute Gasteiger partial charge is 0.378 e. The molecule has 0 atom stereocenters. The predicted molar refractivity (Wildman–Crippen MR) is 91.6 cm³/mol. The minimum Gasteiger partial charge on any atom is -0.378 e. The van der Waals surface area contributed by atoms with Crippen LogP contribution in [0.4, 0.5) is 10.1 Å². The highest BCUT2D eigenvalue weighted by atomic mass is 19.1. The second kappa shape index (κ2) is 7.01. The van der Waals surface area contributed by atoms with E-state index in [0.29, 0.717) is 25.3 Å². The number of anilines is 1. The first kappa shape index (κ1) is 16.5. The van der Waals surface area contributed by atoms with Crippen molar-refractivity contribution in [3.8, 4) is 0 Å². The minimum absolute atomic E-state index is 0.00856. The SMILES string of the molecule is CN(C)c1cccc(C(=O)N2CC(OCc3cccc(F)c3)C2)c1. The van der Waals surface area contributed by atoms with Gasteiger partial charge in [0.25, 0.3) is 5.91 Å². The number of benzene rings is 2. The van der Waals surface area contributed by atoms with Crippen LogP contribution in [0.15, 0.2) is 48.5 Å². The highest BCUT2D eigenvalue weighted by Crippen LogP contribution is 2.20. The molecule has 1 saturated heterocycles. The van der Waals surface area contributed by atoms with Crippen LogP contribution in [0.5, 0.6) is 0 Å². The van der Waals surface area contributed by atoms with Gasteiger partial charge in [0.05, 0.1) is 12.7 Å². The van der Waals surface area contributed by atoms with Crippen molar-refractivity contribution in [1.29, 1.82) is 0 Å². The number of ether oxygens (including phenoxy) is 1. The Kier molecular flexibility index (Phi) is 4.81. The second-order valence-electron chi connectivity index (χ2n) is 6.22. The number of carbonyl (C=O) groups excluding carboxylic acids is 1. The van der Waals surface area contributed by atoms with Gasteiger partial charge in [-0.05, 0) is 35.9 Å². The van der Waals surface area contributed by atoms with Crippen LogP contribution in [0.25, 0.3) is 0 Å². The van der Waals surface area contributed by atoms with E-state index in [-0.39, 0.29) is 17.8 Å². The van der Waals surface area contributed by atoms with Crippen LogP contribution < -0.4 is 4.90 Å².